The molecule has 1 fully saturated rings. The Hall–Kier alpha value is -0.350. The lowest BCUT2D eigenvalue weighted by Gasteiger charge is -2.10. The Kier molecular flexibility index (Phi) is 3.70. The van der Waals surface area contributed by atoms with Crippen molar-refractivity contribution in [3.63, 3.8) is 0 Å². The van der Waals surface area contributed by atoms with Gasteiger partial charge >= 0.3 is 0 Å². The van der Waals surface area contributed by atoms with Gasteiger partial charge in [-0.2, -0.15) is 5.10 Å². The predicted octanol–water partition coefficient (Wildman–Crippen LogP) is 2.41. The number of aryl methyl sites for hydroxylation is 2. The first kappa shape index (κ1) is 12.1. The molecule has 1 aliphatic rings. The van der Waals surface area contributed by atoms with Crippen LogP contribution in [0.5, 0.6) is 0 Å². The normalized spacial score (nSPS) is 25.2. The number of aromatic nitrogens is 2. The fourth-order valence-corrected chi connectivity index (χ4v) is 3.39. The van der Waals surface area contributed by atoms with E-state index in [1.165, 1.54) is 35.1 Å². The predicted molar refractivity (Wildman–Crippen MR) is 69.3 cm³/mol. The number of nitrogens with two attached hydrogens (primary N) is 1. The molecule has 90 valence electrons. The molecule has 0 amide bonds. The Morgan fingerprint density at radius 3 is 2.75 bits per heavy atom. The lowest BCUT2D eigenvalue weighted by atomic mass is 10.0. The molecule has 2 N–H and O–H groups in total. The molecule has 0 radical (unpaired) electrons. The molecule has 4 heteroatoms. The van der Waals surface area contributed by atoms with E-state index in [1.54, 1.807) is 0 Å². The van der Waals surface area contributed by atoms with Gasteiger partial charge in [0.05, 0.1) is 15.9 Å². The zero-order valence-electron chi connectivity index (χ0n) is 10.0. The summed E-state index contributed by atoms with van der Waals surface area (Å²) in [4.78, 5) is 0. The summed E-state index contributed by atoms with van der Waals surface area (Å²) >= 11 is 3.67. The molecule has 1 aromatic heterocycles. The maximum absolute atomic E-state index is 5.95. The van der Waals surface area contributed by atoms with Gasteiger partial charge in [0.25, 0.3) is 0 Å². The smallest absolute Gasteiger partial charge is 0.0766 e. The molecule has 1 aromatic rings. The molecule has 1 aliphatic carbocycles. The van der Waals surface area contributed by atoms with E-state index in [1.807, 2.05) is 11.7 Å². The lowest BCUT2D eigenvalue weighted by molar-refractivity contribution is 0.511. The van der Waals surface area contributed by atoms with E-state index in [2.05, 4.69) is 28.0 Å². The molecule has 3 nitrogen and oxygen atoms in total. The number of hydrogen-bond donors (Lipinski definition) is 1. The highest BCUT2D eigenvalue weighted by Gasteiger charge is 2.24. The van der Waals surface area contributed by atoms with Gasteiger partial charge in [-0.05, 0) is 54.0 Å². The van der Waals surface area contributed by atoms with Crippen LogP contribution in [0, 0.1) is 5.92 Å². The summed E-state index contributed by atoms with van der Waals surface area (Å²) in [7, 11) is 2.04. The fraction of sp³-hybridized carbons (Fsp3) is 0.750. The Morgan fingerprint density at radius 1 is 1.50 bits per heavy atom. The highest BCUT2D eigenvalue weighted by Crippen LogP contribution is 2.31. The monoisotopic (exact) mass is 285 g/mol. The zero-order chi connectivity index (χ0) is 11.7. The van der Waals surface area contributed by atoms with Crippen molar-refractivity contribution in [3.8, 4) is 0 Å². The van der Waals surface area contributed by atoms with Gasteiger partial charge in [0, 0.05) is 13.1 Å². The van der Waals surface area contributed by atoms with Crippen molar-refractivity contribution in [2.45, 2.75) is 45.1 Å². The van der Waals surface area contributed by atoms with Crippen molar-refractivity contribution in [1.29, 1.82) is 0 Å². The zero-order valence-corrected chi connectivity index (χ0v) is 11.6. The molecule has 2 unspecified atom stereocenters. The second-order valence-corrected chi connectivity index (χ2v) is 5.62. The maximum Gasteiger partial charge on any atom is 0.0766 e. The second kappa shape index (κ2) is 4.88. The van der Waals surface area contributed by atoms with E-state index in [4.69, 9.17) is 5.73 Å². The van der Waals surface area contributed by atoms with Crippen LogP contribution in [0.2, 0.25) is 0 Å². The van der Waals surface area contributed by atoms with Gasteiger partial charge < -0.3 is 5.73 Å². The minimum absolute atomic E-state index is 0.419. The summed E-state index contributed by atoms with van der Waals surface area (Å²) < 4.78 is 3.23. The number of nitrogens with zero attached hydrogens (tertiary/aromatic N) is 2. The first-order chi connectivity index (χ1) is 7.61. The third-order valence-corrected chi connectivity index (χ3v) is 4.48. The Labute approximate surface area is 106 Å². The first-order valence-corrected chi connectivity index (χ1v) is 6.87. The van der Waals surface area contributed by atoms with Crippen molar-refractivity contribution in [2.75, 3.05) is 0 Å². The van der Waals surface area contributed by atoms with Gasteiger partial charge in [-0.1, -0.05) is 6.92 Å². The molecule has 2 rings (SSSR count). The van der Waals surface area contributed by atoms with Crippen molar-refractivity contribution < 1.29 is 0 Å². The molecule has 16 heavy (non-hydrogen) atoms. The van der Waals surface area contributed by atoms with Crippen LogP contribution in [0.25, 0.3) is 0 Å². The van der Waals surface area contributed by atoms with Crippen LogP contribution < -0.4 is 5.73 Å². The summed E-state index contributed by atoms with van der Waals surface area (Å²) in [6.45, 7) is 2.14. The summed E-state index contributed by atoms with van der Waals surface area (Å²) in [6.07, 6.45) is 5.70. The van der Waals surface area contributed by atoms with E-state index in [0.717, 1.165) is 18.8 Å². The summed E-state index contributed by atoms with van der Waals surface area (Å²) in [5.41, 5.74) is 8.45. The van der Waals surface area contributed by atoms with Crippen molar-refractivity contribution in [1.82, 2.24) is 9.78 Å². The van der Waals surface area contributed by atoms with Gasteiger partial charge in [0.2, 0.25) is 0 Å². The van der Waals surface area contributed by atoms with Gasteiger partial charge in [-0.25, -0.2) is 0 Å². The minimum Gasteiger partial charge on any atom is -0.328 e. The highest BCUT2D eigenvalue weighted by molar-refractivity contribution is 9.10. The number of halogens is 1. The highest BCUT2D eigenvalue weighted by atomic mass is 79.9. The van der Waals surface area contributed by atoms with Gasteiger partial charge in [-0.3, -0.25) is 4.68 Å². The van der Waals surface area contributed by atoms with Crippen LogP contribution >= 0.6 is 15.9 Å². The van der Waals surface area contributed by atoms with Crippen LogP contribution in [0.3, 0.4) is 0 Å². The average Bonchev–Trinajstić information content (AvgIpc) is 2.77. The van der Waals surface area contributed by atoms with E-state index >= 15 is 0 Å². The molecule has 0 aromatic carbocycles. The van der Waals surface area contributed by atoms with Crippen molar-refractivity contribution >= 4 is 15.9 Å². The van der Waals surface area contributed by atoms with Crippen LogP contribution in [-0.4, -0.2) is 15.8 Å². The average molecular weight is 286 g/mol. The first-order valence-electron chi connectivity index (χ1n) is 6.07. The molecular formula is C12H20BrN3. The molecule has 0 bridgehead atoms. The quantitative estimate of drug-likeness (QED) is 0.927. The van der Waals surface area contributed by atoms with Crippen LogP contribution in [-0.2, 0) is 19.9 Å². The molecule has 1 saturated carbocycles. The summed E-state index contributed by atoms with van der Waals surface area (Å²) in [5, 5.41) is 4.53. The molecular weight excluding hydrogens is 266 g/mol. The maximum atomic E-state index is 5.95. The number of rotatable bonds is 3. The molecule has 0 saturated heterocycles. The second-order valence-electron chi connectivity index (χ2n) is 4.83. The Balaban J connectivity index is 2.12. The van der Waals surface area contributed by atoms with Crippen LogP contribution in [0.1, 0.15) is 37.6 Å². The minimum atomic E-state index is 0.419. The van der Waals surface area contributed by atoms with E-state index in [-0.39, 0.29) is 0 Å². The largest absolute Gasteiger partial charge is 0.328 e. The third kappa shape index (κ3) is 2.33. The van der Waals surface area contributed by atoms with Gasteiger partial charge in [-0.15, -0.1) is 0 Å². The van der Waals surface area contributed by atoms with E-state index in [0.29, 0.717) is 6.04 Å². The fourth-order valence-electron chi connectivity index (χ4n) is 2.61. The van der Waals surface area contributed by atoms with Crippen LogP contribution in [0.15, 0.2) is 4.47 Å². The van der Waals surface area contributed by atoms with E-state index in [9.17, 15) is 0 Å². The van der Waals surface area contributed by atoms with Crippen molar-refractivity contribution in [2.24, 2.45) is 18.7 Å². The summed E-state index contributed by atoms with van der Waals surface area (Å²) in [5.74, 6) is 0.742. The SMILES string of the molecule is CCc1nn(C)c(CC2CCC(N)C2)c1Br. The lowest BCUT2D eigenvalue weighted by Crippen LogP contribution is -2.15. The standard InChI is InChI=1S/C12H20BrN3/c1-3-10-12(13)11(16(2)15-10)7-8-4-5-9(14)6-8/h8-9H,3-7,14H2,1-2H3. The van der Waals surface area contributed by atoms with E-state index < -0.39 is 0 Å². The van der Waals surface area contributed by atoms with Crippen molar-refractivity contribution in [3.05, 3.63) is 15.9 Å². The molecule has 0 aliphatic heterocycles. The van der Waals surface area contributed by atoms with Gasteiger partial charge in [0.1, 0.15) is 0 Å². The molecule has 1 heterocycles. The third-order valence-electron chi connectivity index (χ3n) is 3.57. The molecule has 2 atom stereocenters. The Morgan fingerprint density at radius 2 is 2.25 bits per heavy atom. The Bertz CT molecular complexity index is 373. The topological polar surface area (TPSA) is 43.8 Å². The number of hydrogen-bond acceptors (Lipinski definition) is 2. The van der Waals surface area contributed by atoms with Crippen LogP contribution in [0.4, 0.5) is 0 Å². The summed E-state index contributed by atoms with van der Waals surface area (Å²) in [6, 6.07) is 0.419. The molecule has 0 spiro atoms. The van der Waals surface area contributed by atoms with Gasteiger partial charge in [0.15, 0.2) is 0 Å².